The van der Waals surface area contributed by atoms with E-state index in [1.54, 1.807) is 13.0 Å². The van der Waals surface area contributed by atoms with E-state index in [1.165, 1.54) is 53.2 Å². The second-order valence-electron chi connectivity index (χ2n) is 5.12. The van der Waals surface area contributed by atoms with E-state index in [4.69, 9.17) is 11.6 Å². The van der Waals surface area contributed by atoms with Crippen molar-refractivity contribution in [2.24, 2.45) is 0 Å². The first-order chi connectivity index (χ1) is 11.3. The summed E-state index contributed by atoms with van der Waals surface area (Å²) in [5, 5.41) is 4.69. The summed E-state index contributed by atoms with van der Waals surface area (Å²) in [5.74, 6) is -0.125. The Balaban J connectivity index is 1.98. The Hall–Kier alpha value is -2.38. The lowest BCUT2D eigenvalue weighted by Gasteiger charge is -2.10. The van der Waals surface area contributed by atoms with Crippen LogP contribution in [-0.4, -0.2) is 18.2 Å². The lowest BCUT2D eigenvalue weighted by molar-refractivity contribution is 0.600. The van der Waals surface area contributed by atoms with Crippen molar-refractivity contribution < 1.29 is 12.8 Å². The van der Waals surface area contributed by atoms with E-state index >= 15 is 0 Å². The maximum Gasteiger partial charge on any atom is 0.263 e. The van der Waals surface area contributed by atoms with Crippen molar-refractivity contribution in [3.63, 3.8) is 0 Å². The summed E-state index contributed by atoms with van der Waals surface area (Å²) in [5.41, 5.74) is 1.16. The van der Waals surface area contributed by atoms with Gasteiger partial charge in [0.2, 0.25) is 0 Å². The van der Waals surface area contributed by atoms with Gasteiger partial charge in [-0.3, -0.25) is 4.72 Å². The molecule has 0 bridgehead atoms. The van der Waals surface area contributed by atoms with Gasteiger partial charge in [0.25, 0.3) is 10.0 Å². The molecular formula is C16H13ClFN3O2S. The predicted molar refractivity (Wildman–Crippen MR) is 90.5 cm³/mol. The molecule has 0 aliphatic carbocycles. The molecule has 0 fully saturated rings. The monoisotopic (exact) mass is 365 g/mol. The predicted octanol–water partition coefficient (Wildman–Crippen LogP) is 3.77. The van der Waals surface area contributed by atoms with Crippen molar-refractivity contribution in [2.45, 2.75) is 11.8 Å². The Morgan fingerprint density at radius 1 is 1.08 bits per heavy atom. The van der Waals surface area contributed by atoms with Crippen molar-refractivity contribution in [3.8, 4) is 5.69 Å². The molecule has 1 heterocycles. The van der Waals surface area contributed by atoms with Crippen LogP contribution in [-0.2, 0) is 10.0 Å². The second kappa shape index (κ2) is 6.26. The van der Waals surface area contributed by atoms with Crippen LogP contribution < -0.4 is 4.72 Å². The molecule has 0 atom stereocenters. The average Bonchev–Trinajstić information content (AvgIpc) is 2.88. The Kier molecular flexibility index (Phi) is 4.29. The summed E-state index contributed by atoms with van der Waals surface area (Å²) in [6.45, 7) is 1.74. The van der Waals surface area contributed by atoms with Crippen molar-refractivity contribution in [2.75, 3.05) is 4.72 Å². The fourth-order valence-electron chi connectivity index (χ4n) is 2.16. The van der Waals surface area contributed by atoms with Crippen molar-refractivity contribution >= 4 is 27.4 Å². The van der Waals surface area contributed by atoms with Gasteiger partial charge in [0, 0.05) is 11.1 Å². The van der Waals surface area contributed by atoms with Crippen LogP contribution in [0, 0.1) is 12.7 Å². The van der Waals surface area contributed by atoms with Crippen LogP contribution in [0.2, 0.25) is 5.02 Å². The molecule has 0 saturated heterocycles. The van der Waals surface area contributed by atoms with Crippen LogP contribution in [0.5, 0.6) is 0 Å². The van der Waals surface area contributed by atoms with Crippen LogP contribution >= 0.6 is 11.6 Å². The molecule has 2 aromatic carbocycles. The zero-order valence-electron chi connectivity index (χ0n) is 12.6. The summed E-state index contributed by atoms with van der Waals surface area (Å²) < 4.78 is 42.0. The van der Waals surface area contributed by atoms with Crippen LogP contribution in [0.3, 0.4) is 0 Å². The third-order valence-electron chi connectivity index (χ3n) is 3.27. The molecule has 3 rings (SSSR count). The van der Waals surface area contributed by atoms with E-state index in [0.29, 0.717) is 16.4 Å². The van der Waals surface area contributed by atoms with E-state index in [-0.39, 0.29) is 16.5 Å². The maximum absolute atomic E-state index is 13.1. The van der Waals surface area contributed by atoms with Gasteiger partial charge in [-0.05, 0) is 55.5 Å². The van der Waals surface area contributed by atoms with Gasteiger partial charge in [0.05, 0.1) is 16.3 Å². The van der Waals surface area contributed by atoms with Gasteiger partial charge in [0.15, 0.2) is 0 Å². The summed E-state index contributed by atoms with van der Waals surface area (Å²) in [6.07, 6.45) is 0. The minimum Gasteiger partial charge on any atom is -0.263 e. The topological polar surface area (TPSA) is 64.0 Å². The largest absolute Gasteiger partial charge is 0.263 e. The highest BCUT2D eigenvalue weighted by atomic mass is 35.5. The molecular weight excluding hydrogens is 353 g/mol. The van der Waals surface area contributed by atoms with Gasteiger partial charge in [0.1, 0.15) is 11.6 Å². The molecule has 0 spiro atoms. The maximum atomic E-state index is 13.1. The first-order valence-electron chi connectivity index (χ1n) is 6.96. The average molecular weight is 366 g/mol. The fraction of sp³-hybridized carbons (Fsp3) is 0.0625. The number of nitrogens with one attached hydrogen (secondary N) is 1. The number of anilines is 1. The van der Waals surface area contributed by atoms with E-state index in [1.807, 2.05) is 0 Å². The van der Waals surface area contributed by atoms with Crippen molar-refractivity contribution in [3.05, 3.63) is 71.1 Å². The molecule has 0 amide bonds. The lowest BCUT2D eigenvalue weighted by atomic mass is 10.3. The van der Waals surface area contributed by atoms with Gasteiger partial charge < -0.3 is 0 Å². The minimum absolute atomic E-state index is 0.0800. The Bertz CT molecular complexity index is 968. The standard InChI is InChI=1S/C16H13ClFN3O2S/c1-11-10-16(21(19-11)14-6-4-13(18)5-7-14)20-24(22,23)15-8-2-12(17)3-9-15/h2-10,20H,1H3. The molecule has 0 unspecified atom stereocenters. The zero-order valence-corrected chi connectivity index (χ0v) is 14.1. The van der Waals surface area contributed by atoms with Crippen LogP contribution in [0.4, 0.5) is 10.2 Å². The van der Waals surface area contributed by atoms with Gasteiger partial charge >= 0.3 is 0 Å². The number of nitrogens with zero attached hydrogens (tertiary/aromatic N) is 2. The molecule has 0 aliphatic rings. The number of sulfonamides is 1. The van der Waals surface area contributed by atoms with E-state index in [2.05, 4.69) is 9.82 Å². The lowest BCUT2D eigenvalue weighted by Crippen LogP contribution is -2.15. The Morgan fingerprint density at radius 2 is 1.71 bits per heavy atom. The molecule has 0 saturated carbocycles. The number of aryl methyl sites for hydroxylation is 1. The van der Waals surface area contributed by atoms with E-state index in [9.17, 15) is 12.8 Å². The number of aromatic nitrogens is 2. The van der Waals surface area contributed by atoms with Gasteiger partial charge in [-0.25, -0.2) is 17.5 Å². The number of halogens is 2. The first-order valence-corrected chi connectivity index (χ1v) is 8.82. The van der Waals surface area contributed by atoms with Gasteiger partial charge in [-0.1, -0.05) is 11.6 Å². The zero-order chi connectivity index (χ0) is 17.3. The smallest absolute Gasteiger partial charge is 0.263 e. The molecule has 8 heteroatoms. The SMILES string of the molecule is Cc1cc(NS(=O)(=O)c2ccc(Cl)cc2)n(-c2ccc(F)cc2)n1. The molecule has 3 aromatic rings. The molecule has 24 heavy (non-hydrogen) atoms. The summed E-state index contributed by atoms with van der Waals surface area (Å²) in [4.78, 5) is 0.0800. The minimum atomic E-state index is -3.80. The highest BCUT2D eigenvalue weighted by Crippen LogP contribution is 2.22. The van der Waals surface area contributed by atoms with E-state index < -0.39 is 10.0 Å². The molecule has 1 N–H and O–H groups in total. The van der Waals surface area contributed by atoms with Crippen molar-refractivity contribution in [1.29, 1.82) is 0 Å². The highest BCUT2D eigenvalue weighted by Gasteiger charge is 2.18. The van der Waals surface area contributed by atoms with Gasteiger partial charge in [-0.15, -0.1) is 0 Å². The second-order valence-corrected chi connectivity index (χ2v) is 7.24. The summed E-state index contributed by atoms with van der Waals surface area (Å²) in [7, 11) is -3.80. The third kappa shape index (κ3) is 3.42. The van der Waals surface area contributed by atoms with Crippen LogP contribution in [0.1, 0.15) is 5.69 Å². The van der Waals surface area contributed by atoms with Crippen LogP contribution in [0.25, 0.3) is 5.69 Å². The number of hydrogen-bond acceptors (Lipinski definition) is 3. The number of hydrogen-bond donors (Lipinski definition) is 1. The molecule has 1 aromatic heterocycles. The quantitative estimate of drug-likeness (QED) is 0.765. The third-order valence-corrected chi connectivity index (χ3v) is 4.89. The number of rotatable bonds is 4. The normalized spacial score (nSPS) is 11.5. The van der Waals surface area contributed by atoms with E-state index in [0.717, 1.165) is 0 Å². The highest BCUT2D eigenvalue weighted by molar-refractivity contribution is 7.92. The Morgan fingerprint density at radius 3 is 2.33 bits per heavy atom. The fourth-order valence-corrected chi connectivity index (χ4v) is 3.32. The summed E-state index contributed by atoms with van der Waals surface area (Å²) >= 11 is 5.78. The molecule has 0 radical (unpaired) electrons. The first kappa shape index (κ1) is 16.5. The summed E-state index contributed by atoms with van der Waals surface area (Å²) in [6, 6.07) is 13.0. The van der Waals surface area contributed by atoms with Crippen molar-refractivity contribution in [1.82, 2.24) is 9.78 Å². The van der Waals surface area contributed by atoms with Gasteiger partial charge in [-0.2, -0.15) is 5.10 Å². The molecule has 124 valence electrons. The van der Waals surface area contributed by atoms with Crippen LogP contribution in [0.15, 0.2) is 59.5 Å². The molecule has 5 nitrogen and oxygen atoms in total. The number of benzene rings is 2. The molecule has 0 aliphatic heterocycles. The Labute approximate surface area is 143 Å².